The van der Waals surface area contributed by atoms with Crippen molar-refractivity contribution in [3.63, 3.8) is 0 Å². The fourth-order valence-electron chi connectivity index (χ4n) is 2.44. The molecule has 0 fully saturated rings. The molecule has 2 aromatic rings. The molecule has 0 bridgehead atoms. The van der Waals surface area contributed by atoms with Crippen LogP contribution in [-0.2, 0) is 6.54 Å². The zero-order valence-corrected chi connectivity index (χ0v) is 12.5. The summed E-state index contributed by atoms with van der Waals surface area (Å²) in [4.78, 5) is 10.3. The quantitative estimate of drug-likeness (QED) is 0.626. The van der Waals surface area contributed by atoms with Crippen LogP contribution in [0.25, 0.3) is 0 Å². The molecule has 0 aliphatic rings. The Hall–Kier alpha value is -2.14. The van der Waals surface area contributed by atoms with Gasteiger partial charge in [-0.15, -0.1) is 0 Å². The predicted molar refractivity (Wildman–Crippen MR) is 83.3 cm³/mol. The van der Waals surface area contributed by atoms with Crippen LogP contribution in [0, 0.1) is 10.1 Å². The van der Waals surface area contributed by atoms with E-state index in [1.807, 2.05) is 0 Å². The molecule has 0 saturated carbocycles. The molecule has 0 spiro atoms. The number of hydrogen-bond acceptors (Lipinski definition) is 3. The minimum atomic E-state index is -0.375. The van der Waals surface area contributed by atoms with Crippen molar-refractivity contribution in [1.82, 2.24) is 9.88 Å². The van der Waals surface area contributed by atoms with E-state index >= 15 is 0 Å². The minimum absolute atomic E-state index is 0.130. The maximum Gasteiger partial charge on any atom is 0.269 e. The molecule has 0 amide bonds. The minimum Gasteiger partial charge on any atom is -0.350 e. The highest BCUT2D eigenvalue weighted by atomic mass is 16.6. The molecule has 1 unspecified atom stereocenters. The average Bonchev–Trinajstić information content (AvgIpc) is 2.93. The monoisotopic (exact) mass is 287 g/mol. The second-order valence-corrected chi connectivity index (χ2v) is 5.06. The van der Waals surface area contributed by atoms with E-state index in [-0.39, 0.29) is 10.6 Å². The van der Waals surface area contributed by atoms with E-state index in [2.05, 4.69) is 42.2 Å². The Kier molecular flexibility index (Phi) is 5.11. The molecule has 0 radical (unpaired) electrons. The van der Waals surface area contributed by atoms with Gasteiger partial charge in [0.2, 0.25) is 0 Å². The number of nitrogens with one attached hydrogen (secondary N) is 1. The number of nitro benzene ring substituents is 1. The van der Waals surface area contributed by atoms with Crippen LogP contribution in [0.3, 0.4) is 0 Å². The van der Waals surface area contributed by atoms with Gasteiger partial charge in [0, 0.05) is 37.1 Å². The molecular formula is C16H21N3O2. The van der Waals surface area contributed by atoms with Crippen LogP contribution < -0.4 is 5.32 Å². The first-order valence-electron chi connectivity index (χ1n) is 7.26. The number of aromatic nitrogens is 1. The summed E-state index contributed by atoms with van der Waals surface area (Å²) in [5.74, 6) is 0. The summed E-state index contributed by atoms with van der Waals surface area (Å²) in [6, 6.07) is 9.22. The van der Waals surface area contributed by atoms with Crippen molar-refractivity contribution >= 4 is 5.69 Å². The second kappa shape index (κ2) is 7.04. The first kappa shape index (κ1) is 15.3. The van der Waals surface area contributed by atoms with Gasteiger partial charge in [-0.3, -0.25) is 10.1 Å². The summed E-state index contributed by atoms with van der Waals surface area (Å²) >= 11 is 0. The van der Waals surface area contributed by atoms with E-state index in [1.165, 1.54) is 5.56 Å². The molecule has 21 heavy (non-hydrogen) atoms. The van der Waals surface area contributed by atoms with Crippen LogP contribution in [-0.4, -0.2) is 16.0 Å². The zero-order valence-electron chi connectivity index (χ0n) is 12.5. The molecule has 0 saturated heterocycles. The fraction of sp³-hybridized carbons (Fsp3) is 0.375. The van der Waals surface area contributed by atoms with Crippen molar-refractivity contribution in [2.24, 2.45) is 0 Å². The number of benzene rings is 1. The lowest BCUT2D eigenvalue weighted by Gasteiger charge is -2.14. The third-order valence-corrected chi connectivity index (χ3v) is 3.55. The van der Waals surface area contributed by atoms with E-state index in [0.29, 0.717) is 6.04 Å². The van der Waals surface area contributed by atoms with Crippen molar-refractivity contribution in [3.05, 3.63) is 64.0 Å². The van der Waals surface area contributed by atoms with Gasteiger partial charge in [0.15, 0.2) is 0 Å². The van der Waals surface area contributed by atoms with Gasteiger partial charge in [0.1, 0.15) is 0 Å². The Morgan fingerprint density at radius 2 is 1.95 bits per heavy atom. The van der Waals surface area contributed by atoms with Gasteiger partial charge in [-0.05, 0) is 30.2 Å². The lowest BCUT2D eigenvalue weighted by atomic mass is 10.1. The van der Waals surface area contributed by atoms with Crippen LogP contribution >= 0.6 is 0 Å². The van der Waals surface area contributed by atoms with E-state index in [1.54, 1.807) is 24.3 Å². The topological polar surface area (TPSA) is 60.1 Å². The lowest BCUT2D eigenvalue weighted by molar-refractivity contribution is -0.384. The third-order valence-electron chi connectivity index (χ3n) is 3.55. The number of nitrogens with zero attached hydrogens (tertiary/aromatic N) is 2. The van der Waals surface area contributed by atoms with Gasteiger partial charge in [0.05, 0.1) is 4.92 Å². The number of hydrogen-bond donors (Lipinski definition) is 1. The second-order valence-electron chi connectivity index (χ2n) is 5.06. The first-order valence-corrected chi connectivity index (χ1v) is 7.26. The first-order chi connectivity index (χ1) is 10.1. The van der Waals surface area contributed by atoms with Crippen molar-refractivity contribution in [2.75, 3.05) is 6.54 Å². The highest BCUT2D eigenvalue weighted by Gasteiger charge is 2.09. The molecule has 112 valence electrons. The maximum absolute atomic E-state index is 10.6. The van der Waals surface area contributed by atoms with Gasteiger partial charge < -0.3 is 9.88 Å². The van der Waals surface area contributed by atoms with Crippen LogP contribution in [0.5, 0.6) is 0 Å². The summed E-state index contributed by atoms with van der Waals surface area (Å²) in [7, 11) is 0. The number of non-ortho nitro benzene ring substituents is 1. The van der Waals surface area contributed by atoms with Crippen molar-refractivity contribution in [2.45, 2.75) is 32.9 Å². The lowest BCUT2D eigenvalue weighted by Crippen LogP contribution is -2.19. The fourth-order valence-corrected chi connectivity index (χ4v) is 2.44. The number of rotatable bonds is 7. The summed E-state index contributed by atoms with van der Waals surface area (Å²) in [6.45, 7) is 5.95. The van der Waals surface area contributed by atoms with Gasteiger partial charge in [-0.1, -0.05) is 26.0 Å². The highest BCUT2D eigenvalue weighted by Crippen LogP contribution is 2.18. The molecule has 5 nitrogen and oxygen atoms in total. The Morgan fingerprint density at radius 3 is 2.52 bits per heavy atom. The van der Waals surface area contributed by atoms with Crippen molar-refractivity contribution in [1.29, 1.82) is 0 Å². The molecule has 0 aliphatic heterocycles. The standard InChI is InChI=1S/C16H21N3O2/c1-3-16(17-4-2)14-9-10-18(12-14)11-13-5-7-15(8-6-13)19(20)21/h5-10,12,16-17H,3-4,11H2,1-2H3. The predicted octanol–water partition coefficient (Wildman–Crippen LogP) is 3.51. The van der Waals surface area contributed by atoms with Crippen LogP contribution in [0.1, 0.15) is 37.4 Å². The third kappa shape index (κ3) is 3.92. The smallest absolute Gasteiger partial charge is 0.269 e. The highest BCUT2D eigenvalue weighted by molar-refractivity contribution is 5.33. The Morgan fingerprint density at radius 1 is 1.24 bits per heavy atom. The summed E-state index contributed by atoms with van der Waals surface area (Å²) < 4.78 is 2.11. The molecule has 1 N–H and O–H groups in total. The van der Waals surface area contributed by atoms with Crippen LogP contribution in [0.2, 0.25) is 0 Å². The molecule has 1 atom stereocenters. The molecule has 1 aromatic heterocycles. The van der Waals surface area contributed by atoms with Crippen molar-refractivity contribution < 1.29 is 4.92 Å². The van der Waals surface area contributed by atoms with E-state index in [4.69, 9.17) is 0 Å². The van der Waals surface area contributed by atoms with Gasteiger partial charge in [0.25, 0.3) is 5.69 Å². The van der Waals surface area contributed by atoms with Crippen LogP contribution in [0.4, 0.5) is 5.69 Å². The van der Waals surface area contributed by atoms with Gasteiger partial charge >= 0.3 is 0 Å². The van der Waals surface area contributed by atoms with E-state index in [9.17, 15) is 10.1 Å². The normalized spacial score (nSPS) is 12.3. The Bertz CT molecular complexity index is 590. The maximum atomic E-state index is 10.6. The summed E-state index contributed by atoms with van der Waals surface area (Å²) in [5.41, 5.74) is 2.46. The van der Waals surface area contributed by atoms with Crippen LogP contribution in [0.15, 0.2) is 42.7 Å². The SMILES string of the molecule is CCNC(CC)c1ccn(Cc2ccc([N+](=O)[O-])cc2)c1. The molecule has 0 aliphatic carbocycles. The molecule has 1 heterocycles. The zero-order chi connectivity index (χ0) is 15.2. The van der Waals surface area contributed by atoms with E-state index < -0.39 is 0 Å². The van der Waals surface area contributed by atoms with E-state index in [0.717, 1.165) is 25.1 Å². The summed E-state index contributed by atoms with van der Waals surface area (Å²) in [5, 5.41) is 14.1. The Balaban J connectivity index is 2.06. The molecular weight excluding hydrogens is 266 g/mol. The number of nitro groups is 1. The molecule has 1 aromatic carbocycles. The van der Waals surface area contributed by atoms with Crippen molar-refractivity contribution in [3.8, 4) is 0 Å². The molecule has 2 rings (SSSR count). The van der Waals surface area contributed by atoms with Gasteiger partial charge in [-0.25, -0.2) is 0 Å². The average molecular weight is 287 g/mol. The molecule has 5 heteroatoms. The Labute approximate surface area is 124 Å². The summed E-state index contributed by atoms with van der Waals surface area (Å²) in [6.07, 6.45) is 5.24. The van der Waals surface area contributed by atoms with Gasteiger partial charge in [-0.2, -0.15) is 0 Å². The largest absolute Gasteiger partial charge is 0.350 e.